The van der Waals surface area contributed by atoms with E-state index >= 15 is 0 Å². The smallest absolute Gasteiger partial charge is 0.195 e. The van der Waals surface area contributed by atoms with Gasteiger partial charge in [0, 0.05) is 17.5 Å². The van der Waals surface area contributed by atoms with E-state index in [1.54, 1.807) is 6.07 Å². The van der Waals surface area contributed by atoms with E-state index in [4.69, 9.17) is 0 Å². The molecule has 1 N–H and O–H groups in total. The number of halogens is 2. The molecule has 1 aromatic heterocycles. The first-order valence-electron chi connectivity index (χ1n) is 5.18. The lowest BCUT2D eigenvalue weighted by Gasteiger charge is -2.08. The summed E-state index contributed by atoms with van der Waals surface area (Å²) in [4.78, 5) is 4.55. The third-order valence-electron chi connectivity index (χ3n) is 2.63. The first kappa shape index (κ1) is 11.1. The van der Waals surface area contributed by atoms with E-state index in [1.165, 1.54) is 12.1 Å². The molecule has 1 aromatic carbocycles. The predicted octanol–water partition coefficient (Wildman–Crippen LogP) is 2.55. The monoisotopic (exact) mass is 224 g/mol. The lowest BCUT2D eigenvalue weighted by molar-refractivity contribution is 0.410. The van der Waals surface area contributed by atoms with E-state index in [9.17, 15) is 8.78 Å². The molecule has 0 aliphatic rings. The van der Waals surface area contributed by atoms with Gasteiger partial charge in [-0.2, -0.15) is 4.39 Å². The van der Waals surface area contributed by atoms with E-state index in [0.717, 1.165) is 11.9 Å². The van der Waals surface area contributed by atoms with Gasteiger partial charge in [0.2, 0.25) is 0 Å². The van der Waals surface area contributed by atoms with Crippen LogP contribution in [0, 0.1) is 11.8 Å². The molecule has 86 valence electrons. The molecule has 2 aromatic rings. The van der Waals surface area contributed by atoms with E-state index in [1.807, 2.05) is 19.0 Å². The summed E-state index contributed by atoms with van der Waals surface area (Å²) >= 11 is 0. The summed E-state index contributed by atoms with van der Waals surface area (Å²) < 4.78 is 26.5. The Balaban J connectivity index is 2.40. The predicted molar refractivity (Wildman–Crippen MR) is 60.5 cm³/mol. The van der Waals surface area contributed by atoms with Crippen LogP contribution in [-0.4, -0.2) is 30.5 Å². The molecule has 0 amide bonds. The van der Waals surface area contributed by atoms with Crippen LogP contribution in [0.4, 0.5) is 8.78 Å². The normalized spacial score (nSPS) is 11.6. The van der Waals surface area contributed by atoms with Gasteiger partial charge in [0.05, 0.1) is 5.52 Å². The number of aromatic nitrogens is 1. The molecule has 0 radical (unpaired) electrons. The van der Waals surface area contributed by atoms with Crippen LogP contribution in [0.5, 0.6) is 0 Å². The zero-order chi connectivity index (χ0) is 11.7. The van der Waals surface area contributed by atoms with Crippen LogP contribution in [0.15, 0.2) is 18.2 Å². The molecular formula is C12H14F2N2. The number of nitrogens with zero attached hydrogens (tertiary/aromatic N) is 1. The van der Waals surface area contributed by atoms with Crippen molar-refractivity contribution in [3.8, 4) is 0 Å². The number of fused-ring (bicyclic) bond motifs is 1. The van der Waals surface area contributed by atoms with Gasteiger partial charge in [-0.25, -0.2) is 4.39 Å². The van der Waals surface area contributed by atoms with Gasteiger partial charge < -0.3 is 9.88 Å². The van der Waals surface area contributed by atoms with Crippen molar-refractivity contribution in [2.45, 2.75) is 6.42 Å². The number of benzene rings is 1. The molecule has 2 nitrogen and oxygen atoms in total. The second-order valence-electron chi connectivity index (χ2n) is 4.16. The zero-order valence-electron chi connectivity index (χ0n) is 9.35. The zero-order valence-corrected chi connectivity index (χ0v) is 9.35. The van der Waals surface area contributed by atoms with Crippen molar-refractivity contribution >= 4 is 10.9 Å². The molecule has 0 saturated heterocycles. The fourth-order valence-electron chi connectivity index (χ4n) is 1.77. The van der Waals surface area contributed by atoms with Gasteiger partial charge in [0.1, 0.15) is 5.82 Å². The third-order valence-corrected chi connectivity index (χ3v) is 2.63. The highest BCUT2D eigenvalue weighted by atomic mass is 19.1. The van der Waals surface area contributed by atoms with Crippen LogP contribution in [0.2, 0.25) is 0 Å². The van der Waals surface area contributed by atoms with Gasteiger partial charge in [-0.3, -0.25) is 0 Å². The maximum absolute atomic E-state index is 13.6. The summed E-state index contributed by atoms with van der Waals surface area (Å²) in [7, 11) is 3.87. The summed E-state index contributed by atoms with van der Waals surface area (Å²) in [5, 5.41) is 0.765. The Kier molecular flexibility index (Phi) is 2.92. The standard InChI is InChI=1S/C12H14F2N2/c1-16(2)6-5-10-9-4-3-8(13)7-11(9)15-12(10)14/h3-4,7,15H,5-6H2,1-2H3. The number of likely N-dealkylation sites (N-methyl/N-ethyl adjacent to an activating group) is 1. The van der Waals surface area contributed by atoms with Crippen molar-refractivity contribution < 1.29 is 8.78 Å². The third kappa shape index (κ3) is 2.07. The second-order valence-corrected chi connectivity index (χ2v) is 4.16. The van der Waals surface area contributed by atoms with Gasteiger partial charge >= 0.3 is 0 Å². The molecular weight excluding hydrogens is 210 g/mol. The van der Waals surface area contributed by atoms with Gasteiger partial charge in [0.15, 0.2) is 5.95 Å². The maximum Gasteiger partial charge on any atom is 0.195 e. The Labute approximate surface area is 92.9 Å². The van der Waals surface area contributed by atoms with Gasteiger partial charge in [-0.05, 0) is 38.7 Å². The van der Waals surface area contributed by atoms with Gasteiger partial charge in [-0.15, -0.1) is 0 Å². The average molecular weight is 224 g/mol. The lowest BCUT2D eigenvalue weighted by atomic mass is 10.1. The molecule has 2 rings (SSSR count). The molecule has 4 heteroatoms. The molecule has 0 aliphatic heterocycles. The van der Waals surface area contributed by atoms with E-state index in [0.29, 0.717) is 17.5 Å². The van der Waals surface area contributed by atoms with Crippen LogP contribution in [0.1, 0.15) is 5.56 Å². The fraction of sp³-hybridized carbons (Fsp3) is 0.333. The number of hydrogen-bond acceptors (Lipinski definition) is 1. The number of rotatable bonds is 3. The van der Waals surface area contributed by atoms with Crippen LogP contribution in [0.25, 0.3) is 10.9 Å². The first-order chi connectivity index (χ1) is 7.58. The Morgan fingerprint density at radius 3 is 2.69 bits per heavy atom. The highest BCUT2D eigenvalue weighted by molar-refractivity contribution is 5.83. The van der Waals surface area contributed by atoms with E-state index in [2.05, 4.69) is 4.98 Å². The Bertz CT molecular complexity index is 503. The molecule has 16 heavy (non-hydrogen) atoms. The Hall–Kier alpha value is -1.42. The van der Waals surface area contributed by atoms with E-state index in [-0.39, 0.29) is 11.8 Å². The Morgan fingerprint density at radius 1 is 1.25 bits per heavy atom. The van der Waals surface area contributed by atoms with Crippen molar-refractivity contribution in [3.63, 3.8) is 0 Å². The first-order valence-corrected chi connectivity index (χ1v) is 5.18. The number of nitrogens with one attached hydrogen (secondary N) is 1. The number of H-pyrrole nitrogens is 1. The van der Waals surface area contributed by atoms with E-state index < -0.39 is 0 Å². The van der Waals surface area contributed by atoms with Crippen molar-refractivity contribution in [2.75, 3.05) is 20.6 Å². The van der Waals surface area contributed by atoms with Crippen LogP contribution < -0.4 is 0 Å². The topological polar surface area (TPSA) is 19.0 Å². The minimum Gasteiger partial charge on any atom is -0.331 e. The molecule has 0 saturated carbocycles. The van der Waals surface area contributed by atoms with Crippen LogP contribution >= 0.6 is 0 Å². The van der Waals surface area contributed by atoms with Crippen molar-refractivity contribution in [1.82, 2.24) is 9.88 Å². The van der Waals surface area contributed by atoms with Crippen LogP contribution in [0.3, 0.4) is 0 Å². The summed E-state index contributed by atoms with van der Waals surface area (Å²) in [5.74, 6) is -0.713. The summed E-state index contributed by atoms with van der Waals surface area (Å²) in [6, 6.07) is 4.29. The Morgan fingerprint density at radius 2 is 2.00 bits per heavy atom. The second kappa shape index (κ2) is 4.22. The average Bonchev–Trinajstić information content (AvgIpc) is 2.50. The number of hydrogen-bond donors (Lipinski definition) is 1. The summed E-state index contributed by atoms with van der Waals surface area (Å²) in [5.41, 5.74) is 1.15. The number of aromatic amines is 1. The maximum atomic E-state index is 13.6. The lowest BCUT2D eigenvalue weighted by Crippen LogP contribution is -2.15. The summed E-state index contributed by atoms with van der Waals surface area (Å²) in [6.07, 6.45) is 0.616. The van der Waals surface area contributed by atoms with Gasteiger partial charge in [-0.1, -0.05) is 0 Å². The van der Waals surface area contributed by atoms with Crippen molar-refractivity contribution in [2.24, 2.45) is 0 Å². The quantitative estimate of drug-likeness (QED) is 0.848. The highest BCUT2D eigenvalue weighted by Gasteiger charge is 2.11. The molecule has 0 aliphatic carbocycles. The molecule has 0 fully saturated rings. The largest absolute Gasteiger partial charge is 0.331 e. The molecule has 1 heterocycles. The van der Waals surface area contributed by atoms with Crippen LogP contribution in [-0.2, 0) is 6.42 Å². The molecule has 0 bridgehead atoms. The minimum absolute atomic E-state index is 0.354. The molecule has 0 spiro atoms. The highest BCUT2D eigenvalue weighted by Crippen LogP contribution is 2.22. The molecule has 0 atom stereocenters. The summed E-state index contributed by atoms with van der Waals surface area (Å²) in [6.45, 7) is 0.765. The van der Waals surface area contributed by atoms with Crippen molar-refractivity contribution in [3.05, 3.63) is 35.5 Å². The minimum atomic E-state index is -0.359. The molecule has 0 unspecified atom stereocenters. The fourth-order valence-corrected chi connectivity index (χ4v) is 1.77. The SMILES string of the molecule is CN(C)CCc1c(F)[nH]c2cc(F)ccc12. The van der Waals surface area contributed by atoms with Gasteiger partial charge in [0.25, 0.3) is 0 Å². The van der Waals surface area contributed by atoms with Crippen molar-refractivity contribution in [1.29, 1.82) is 0 Å².